The van der Waals surface area contributed by atoms with Gasteiger partial charge in [-0.2, -0.15) is 0 Å². The van der Waals surface area contributed by atoms with Crippen LogP contribution in [0.2, 0.25) is 0 Å². The molecule has 1 unspecified atom stereocenters. The van der Waals surface area contributed by atoms with Gasteiger partial charge in [-0.25, -0.2) is 9.37 Å². The number of nitrogens with zero attached hydrogens (tertiary/aromatic N) is 1. The third-order valence-corrected chi connectivity index (χ3v) is 4.93. The zero-order valence-corrected chi connectivity index (χ0v) is 13.5. The van der Waals surface area contributed by atoms with E-state index in [4.69, 9.17) is 11.6 Å². The van der Waals surface area contributed by atoms with Gasteiger partial charge in [0.1, 0.15) is 5.82 Å². The predicted octanol–water partition coefficient (Wildman–Crippen LogP) is 5.72. The van der Waals surface area contributed by atoms with E-state index in [2.05, 4.69) is 20.9 Å². The number of aromatic nitrogens is 1. The zero-order valence-electron chi connectivity index (χ0n) is 10.3. The molecule has 1 aromatic heterocycles. The van der Waals surface area contributed by atoms with Gasteiger partial charge in [0.15, 0.2) is 0 Å². The molecule has 1 nitrogen and oxygen atoms in total. The number of para-hydroxylation sites is 1. The Kier molecular flexibility index (Phi) is 4.06. The van der Waals surface area contributed by atoms with Gasteiger partial charge in [-0.05, 0) is 24.3 Å². The first kappa shape index (κ1) is 14.0. The largest absolute Gasteiger partial charge is 0.241 e. The number of hydrogen-bond acceptors (Lipinski definition) is 2. The van der Waals surface area contributed by atoms with Crippen molar-refractivity contribution in [3.8, 4) is 0 Å². The van der Waals surface area contributed by atoms with Crippen molar-refractivity contribution >= 4 is 49.1 Å². The zero-order chi connectivity index (χ0) is 14.1. The first-order valence-electron chi connectivity index (χ1n) is 6.07. The molecule has 0 aliphatic carbocycles. The van der Waals surface area contributed by atoms with E-state index in [1.807, 2.05) is 24.3 Å². The van der Waals surface area contributed by atoms with Crippen LogP contribution in [0.15, 0.2) is 46.9 Å². The normalized spacial score (nSPS) is 12.8. The molecule has 0 aliphatic rings. The van der Waals surface area contributed by atoms with E-state index < -0.39 is 5.38 Å². The lowest BCUT2D eigenvalue weighted by atomic mass is 10.1. The summed E-state index contributed by atoms with van der Waals surface area (Å²) in [5.74, 6) is -0.291. The third-order valence-electron chi connectivity index (χ3n) is 2.99. The maximum atomic E-state index is 13.9. The van der Waals surface area contributed by atoms with Crippen LogP contribution in [0.25, 0.3) is 10.2 Å². The van der Waals surface area contributed by atoms with Crippen molar-refractivity contribution < 1.29 is 4.39 Å². The van der Waals surface area contributed by atoms with E-state index in [0.717, 1.165) is 15.2 Å². The lowest BCUT2D eigenvalue weighted by Gasteiger charge is -2.09. The fourth-order valence-electron chi connectivity index (χ4n) is 2.03. The highest BCUT2D eigenvalue weighted by atomic mass is 79.9. The van der Waals surface area contributed by atoms with Gasteiger partial charge in [0.25, 0.3) is 0 Å². The smallest absolute Gasteiger partial charge is 0.129 e. The molecule has 3 aromatic rings. The summed E-state index contributed by atoms with van der Waals surface area (Å²) in [6, 6.07) is 12.9. The van der Waals surface area contributed by atoms with Crippen molar-refractivity contribution in [3.63, 3.8) is 0 Å². The van der Waals surface area contributed by atoms with E-state index >= 15 is 0 Å². The second-order valence-electron chi connectivity index (χ2n) is 4.41. The minimum atomic E-state index is -0.413. The van der Waals surface area contributed by atoms with Crippen LogP contribution in [0.3, 0.4) is 0 Å². The quantitative estimate of drug-likeness (QED) is 0.537. The molecular formula is C15H10BrClFNS. The fourth-order valence-corrected chi connectivity index (χ4v) is 3.79. The molecule has 0 N–H and O–H groups in total. The van der Waals surface area contributed by atoms with Crippen LogP contribution in [0.1, 0.15) is 15.9 Å². The molecule has 1 heterocycles. The van der Waals surface area contributed by atoms with Crippen molar-refractivity contribution in [1.82, 2.24) is 4.98 Å². The highest BCUT2D eigenvalue weighted by molar-refractivity contribution is 9.10. The van der Waals surface area contributed by atoms with E-state index in [0.29, 0.717) is 16.5 Å². The van der Waals surface area contributed by atoms with E-state index in [9.17, 15) is 4.39 Å². The van der Waals surface area contributed by atoms with Gasteiger partial charge in [0, 0.05) is 16.5 Å². The molecule has 20 heavy (non-hydrogen) atoms. The van der Waals surface area contributed by atoms with Gasteiger partial charge in [0.2, 0.25) is 0 Å². The van der Waals surface area contributed by atoms with Crippen molar-refractivity contribution in [2.75, 3.05) is 0 Å². The van der Waals surface area contributed by atoms with Crippen LogP contribution >= 0.6 is 38.9 Å². The molecule has 0 saturated carbocycles. The average molecular weight is 371 g/mol. The Labute approximate surface area is 133 Å². The lowest BCUT2D eigenvalue weighted by Crippen LogP contribution is -1.98. The summed E-state index contributed by atoms with van der Waals surface area (Å²) in [5, 5.41) is 0.511. The van der Waals surface area contributed by atoms with Gasteiger partial charge in [-0.15, -0.1) is 22.9 Å². The molecule has 0 fully saturated rings. The predicted molar refractivity (Wildman–Crippen MR) is 86.0 cm³/mol. The minimum absolute atomic E-state index is 0.291. The van der Waals surface area contributed by atoms with Gasteiger partial charge >= 0.3 is 0 Å². The molecule has 0 amide bonds. The highest BCUT2D eigenvalue weighted by Crippen LogP contribution is 2.31. The van der Waals surface area contributed by atoms with Crippen molar-refractivity contribution in [2.24, 2.45) is 0 Å². The molecule has 0 spiro atoms. The van der Waals surface area contributed by atoms with Gasteiger partial charge in [-0.1, -0.05) is 34.1 Å². The van der Waals surface area contributed by atoms with Crippen LogP contribution in [-0.2, 0) is 6.42 Å². The van der Waals surface area contributed by atoms with Gasteiger partial charge in [0.05, 0.1) is 20.6 Å². The Morgan fingerprint density at radius 3 is 2.80 bits per heavy atom. The molecule has 3 rings (SSSR count). The average Bonchev–Trinajstić information content (AvgIpc) is 2.80. The summed E-state index contributed by atoms with van der Waals surface area (Å²) in [4.78, 5) is 4.53. The third kappa shape index (κ3) is 2.87. The maximum absolute atomic E-state index is 13.9. The van der Waals surface area contributed by atoms with Gasteiger partial charge < -0.3 is 0 Å². The molecule has 5 heteroatoms. The van der Waals surface area contributed by atoms with Crippen LogP contribution in [-0.4, -0.2) is 4.98 Å². The molecular weight excluding hydrogens is 361 g/mol. The molecule has 0 aliphatic heterocycles. The lowest BCUT2D eigenvalue weighted by molar-refractivity contribution is 0.605. The first-order valence-corrected chi connectivity index (χ1v) is 8.11. The topological polar surface area (TPSA) is 12.9 Å². The number of thiazole rings is 1. The second-order valence-corrected chi connectivity index (χ2v) is 6.97. The monoisotopic (exact) mass is 369 g/mol. The van der Waals surface area contributed by atoms with Crippen LogP contribution in [0, 0.1) is 5.82 Å². The van der Waals surface area contributed by atoms with Crippen LogP contribution in [0.4, 0.5) is 4.39 Å². The SMILES string of the molecule is Fc1cc(Br)ccc1C(Cl)Cc1nc2ccccc2s1. The Morgan fingerprint density at radius 1 is 1.25 bits per heavy atom. The number of benzene rings is 2. The summed E-state index contributed by atoms with van der Waals surface area (Å²) in [5.41, 5.74) is 1.47. The van der Waals surface area contributed by atoms with Crippen molar-refractivity contribution in [2.45, 2.75) is 11.8 Å². The Hall–Kier alpha value is -0.970. The van der Waals surface area contributed by atoms with E-state index in [1.54, 1.807) is 23.5 Å². The number of rotatable bonds is 3. The number of fused-ring (bicyclic) bond motifs is 1. The minimum Gasteiger partial charge on any atom is -0.241 e. The molecule has 0 saturated heterocycles. The van der Waals surface area contributed by atoms with Crippen molar-refractivity contribution in [3.05, 3.63) is 63.3 Å². The summed E-state index contributed by atoms with van der Waals surface area (Å²) < 4.78 is 15.7. The number of halogens is 3. The summed E-state index contributed by atoms with van der Waals surface area (Å²) in [6.07, 6.45) is 0.527. The standard InChI is InChI=1S/C15H10BrClFNS/c16-9-5-6-10(12(18)7-9)11(17)8-15-19-13-3-1-2-4-14(13)20-15/h1-7,11H,8H2. The molecule has 1 atom stereocenters. The molecule has 0 bridgehead atoms. The Bertz CT molecular complexity index is 725. The number of hydrogen-bond donors (Lipinski definition) is 0. The fraction of sp³-hybridized carbons (Fsp3) is 0.133. The molecule has 0 radical (unpaired) electrons. The Morgan fingerprint density at radius 2 is 2.05 bits per heavy atom. The van der Waals surface area contributed by atoms with Gasteiger partial charge in [-0.3, -0.25) is 0 Å². The molecule has 102 valence electrons. The first-order chi connectivity index (χ1) is 9.63. The maximum Gasteiger partial charge on any atom is 0.129 e. The number of alkyl halides is 1. The van der Waals surface area contributed by atoms with Crippen LogP contribution < -0.4 is 0 Å². The van der Waals surface area contributed by atoms with Crippen molar-refractivity contribution in [1.29, 1.82) is 0 Å². The molecule has 2 aromatic carbocycles. The highest BCUT2D eigenvalue weighted by Gasteiger charge is 2.16. The summed E-state index contributed by atoms with van der Waals surface area (Å²) in [7, 11) is 0. The summed E-state index contributed by atoms with van der Waals surface area (Å²) >= 11 is 11.2. The second kappa shape index (κ2) is 5.80. The van der Waals surface area contributed by atoms with E-state index in [-0.39, 0.29) is 5.82 Å². The van der Waals surface area contributed by atoms with Crippen LogP contribution in [0.5, 0.6) is 0 Å². The Balaban J connectivity index is 1.86. The van der Waals surface area contributed by atoms with E-state index in [1.165, 1.54) is 6.07 Å². The summed E-state index contributed by atoms with van der Waals surface area (Å²) in [6.45, 7) is 0.